The number of nitrogens with one attached hydrogen (secondary N) is 1. The molecule has 1 aromatic carbocycles. The Bertz CT molecular complexity index is 863. The van der Waals surface area contributed by atoms with Gasteiger partial charge in [-0.05, 0) is 54.5 Å². The quantitative estimate of drug-likeness (QED) is 0.558. The van der Waals surface area contributed by atoms with Crippen LogP contribution in [0.2, 0.25) is 5.02 Å². The van der Waals surface area contributed by atoms with Gasteiger partial charge < -0.3 is 9.47 Å². The monoisotopic (exact) mass is 406 g/mol. The van der Waals surface area contributed by atoms with Crippen LogP contribution in [0, 0.1) is 5.92 Å². The fourth-order valence-corrected chi connectivity index (χ4v) is 4.69. The molecule has 144 valence electrons. The predicted octanol–water partition coefficient (Wildman–Crippen LogP) is 4.70. The van der Waals surface area contributed by atoms with Crippen molar-refractivity contribution in [1.82, 2.24) is 5.43 Å². The SMILES string of the molecule is CCC1CCc2sc(C(=O)N/N=C/c3cc(Cl)c(OC)c(OC)c3)cc2C1. The molecular formula is C20H23ClN2O3S. The van der Waals surface area contributed by atoms with Crippen molar-refractivity contribution in [3.8, 4) is 11.5 Å². The van der Waals surface area contributed by atoms with E-state index in [9.17, 15) is 4.79 Å². The summed E-state index contributed by atoms with van der Waals surface area (Å²) >= 11 is 7.75. The minimum absolute atomic E-state index is 0.190. The zero-order valence-electron chi connectivity index (χ0n) is 15.7. The Morgan fingerprint density at radius 2 is 2.19 bits per heavy atom. The molecule has 7 heteroatoms. The summed E-state index contributed by atoms with van der Waals surface area (Å²) in [4.78, 5) is 14.5. The molecule has 1 atom stereocenters. The van der Waals surface area contributed by atoms with Gasteiger partial charge >= 0.3 is 0 Å². The predicted molar refractivity (Wildman–Crippen MR) is 110 cm³/mol. The number of hydrazone groups is 1. The molecule has 0 radical (unpaired) electrons. The highest BCUT2D eigenvalue weighted by atomic mass is 35.5. The first-order chi connectivity index (χ1) is 13.0. The normalized spacial score (nSPS) is 16.2. The van der Waals surface area contributed by atoms with E-state index in [2.05, 4.69) is 17.5 Å². The van der Waals surface area contributed by atoms with Gasteiger partial charge in [0.2, 0.25) is 0 Å². The molecule has 1 N–H and O–H groups in total. The van der Waals surface area contributed by atoms with Crippen LogP contribution in [0.4, 0.5) is 0 Å². The fourth-order valence-electron chi connectivity index (χ4n) is 3.29. The molecule has 0 spiro atoms. The number of thiophene rings is 1. The van der Waals surface area contributed by atoms with Gasteiger partial charge in [-0.15, -0.1) is 11.3 Å². The Hall–Kier alpha value is -2.05. The molecule has 1 aliphatic rings. The second-order valence-corrected chi connectivity index (χ2v) is 8.06. The van der Waals surface area contributed by atoms with Crippen LogP contribution in [-0.4, -0.2) is 26.3 Å². The van der Waals surface area contributed by atoms with E-state index < -0.39 is 0 Å². The first-order valence-electron chi connectivity index (χ1n) is 8.92. The topological polar surface area (TPSA) is 59.9 Å². The van der Waals surface area contributed by atoms with E-state index in [1.807, 2.05) is 6.07 Å². The highest BCUT2D eigenvalue weighted by Crippen LogP contribution is 2.36. The standard InChI is InChI=1S/C20H23ClN2O3S/c1-4-12-5-6-17-14(7-12)10-18(27-17)20(24)23-22-11-13-8-15(21)19(26-3)16(9-13)25-2/h8-12H,4-7H2,1-3H3,(H,23,24)/b22-11+. The lowest BCUT2D eigenvalue weighted by Gasteiger charge is -2.19. The number of hydrogen-bond acceptors (Lipinski definition) is 5. The molecule has 1 heterocycles. The van der Waals surface area contributed by atoms with E-state index in [0.29, 0.717) is 27.0 Å². The smallest absolute Gasteiger partial charge is 0.281 e. The minimum atomic E-state index is -0.190. The molecule has 0 fully saturated rings. The molecule has 0 saturated carbocycles. The number of rotatable bonds is 6. The Labute approximate surface area is 168 Å². The number of benzene rings is 1. The number of hydrogen-bond donors (Lipinski definition) is 1. The zero-order chi connectivity index (χ0) is 19.4. The van der Waals surface area contributed by atoms with E-state index in [4.69, 9.17) is 21.1 Å². The van der Waals surface area contributed by atoms with Crippen molar-refractivity contribution in [2.45, 2.75) is 32.6 Å². The average Bonchev–Trinajstić information content (AvgIpc) is 3.10. The number of fused-ring (bicyclic) bond motifs is 1. The number of carbonyl (C=O) groups is 1. The Morgan fingerprint density at radius 1 is 1.37 bits per heavy atom. The number of aryl methyl sites for hydroxylation is 1. The number of carbonyl (C=O) groups excluding carboxylic acids is 1. The summed E-state index contributed by atoms with van der Waals surface area (Å²) in [6.07, 6.45) is 6.08. The molecule has 1 unspecified atom stereocenters. The molecule has 2 aromatic rings. The molecule has 0 saturated heterocycles. The average molecular weight is 407 g/mol. The van der Waals surface area contributed by atoms with Gasteiger partial charge in [0, 0.05) is 4.88 Å². The first kappa shape index (κ1) is 19.7. The fraction of sp³-hybridized carbons (Fsp3) is 0.400. The molecule has 3 rings (SSSR count). The number of nitrogens with zero attached hydrogens (tertiary/aromatic N) is 1. The van der Waals surface area contributed by atoms with Gasteiger partial charge in [0.1, 0.15) is 0 Å². The van der Waals surface area contributed by atoms with Crippen LogP contribution in [0.5, 0.6) is 11.5 Å². The summed E-state index contributed by atoms with van der Waals surface area (Å²) in [5, 5.41) is 4.47. The Balaban J connectivity index is 1.68. The Morgan fingerprint density at radius 3 is 2.89 bits per heavy atom. The van der Waals surface area contributed by atoms with E-state index in [-0.39, 0.29) is 5.91 Å². The molecule has 1 aliphatic carbocycles. The zero-order valence-corrected chi connectivity index (χ0v) is 17.2. The van der Waals surface area contributed by atoms with Crippen LogP contribution in [0.3, 0.4) is 0 Å². The van der Waals surface area contributed by atoms with Crippen molar-refractivity contribution in [2.24, 2.45) is 11.0 Å². The summed E-state index contributed by atoms with van der Waals surface area (Å²) in [6, 6.07) is 5.46. The van der Waals surface area contributed by atoms with Crippen molar-refractivity contribution in [1.29, 1.82) is 0 Å². The largest absolute Gasteiger partial charge is 0.493 e. The number of ether oxygens (including phenoxy) is 2. The van der Waals surface area contributed by atoms with Crippen molar-refractivity contribution in [3.05, 3.63) is 44.1 Å². The maximum absolute atomic E-state index is 12.4. The third-order valence-electron chi connectivity index (χ3n) is 4.82. The minimum Gasteiger partial charge on any atom is -0.493 e. The molecule has 1 aromatic heterocycles. The number of methoxy groups -OCH3 is 2. The van der Waals surface area contributed by atoms with Gasteiger partial charge in [-0.25, -0.2) is 5.43 Å². The molecule has 0 aliphatic heterocycles. The summed E-state index contributed by atoms with van der Waals surface area (Å²) in [5.41, 5.74) is 4.61. The molecule has 0 bridgehead atoms. The van der Waals surface area contributed by atoms with Gasteiger partial charge in [-0.1, -0.05) is 24.9 Å². The van der Waals surface area contributed by atoms with Gasteiger partial charge in [0.25, 0.3) is 5.91 Å². The third-order valence-corrected chi connectivity index (χ3v) is 6.34. The third kappa shape index (κ3) is 4.45. The number of halogens is 1. The van der Waals surface area contributed by atoms with Crippen LogP contribution in [0.25, 0.3) is 0 Å². The summed E-state index contributed by atoms with van der Waals surface area (Å²) in [7, 11) is 3.07. The van der Waals surface area contributed by atoms with Crippen LogP contribution >= 0.6 is 22.9 Å². The molecule has 1 amide bonds. The van der Waals surface area contributed by atoms with E-state index in [1.54, 1.807) is 30.6 Å². The van der Waals surface area contributed by atoms with Gasteiger partial charge in [-0.2, -0.15) is 5.10 Å². The van der Waals surface area contributed by atoms with Crippen molar-refractivity contribution >= 4 is 35.1 Å². The lowest BCUT2D eigenvalue weighted by molar-refractivity contribution is 0.0959. The van der Waals surface area contributed by atoms with Gasteiger partial charge in [0.15, 0.2) is 11.5 Å². The Kier molecular flexibility index (Phi) is 6.39. The summed E-state index contributed by atoms with van der Waals surface area (Å²) in [5.74, 6) is 1.52. The van der Waals surface area contributed by atoms with E-state index in [0.717, 1.165) is 18.8 Å². The number of amides is 1. The van der Waals surface area contributed by atoms with Crippen LogP contribution in [0.1, 0.15) is 45.4 Å². The second-order valence-electron chi connectivity index (χ2n) is 6.51. The van der Waals surface area contributed by atoms with E-state index >= 15 is 0 Å². The van der Waals surface area contributed by atoms with Crippen LogP contribution < -0.4 is 14.9 Å². The van der Waals surface area contributed by atoms with Crippen LogP contribution in [0.15, 0.2) is 23.3 Å². The van der Waals surface area contributed by atoms with Crippen LogP contribution in [-0.2, 0) is 12.8 Å². The first-order valence-corrected chi connectivity index (χ1v) is 10.1. The molecule has 5 nitrogen and oxygen atoms in total. The summed E-state index contributed by atoms with van der Waals surface area (Å²) < 4.78 is 10.5. The van der Waals surface area contributed by atoms with Crippen molar-refractivity contribution in [3.63, 3.8) is 0 Å². The second kappa shape index (κ2) is 8.76. The maximum atomic E-state index is 12.4. The highest BCUT2D eigenvalue weighted by Gasteiger charge is 2.21. The van der Waals surface area contributed by atoms with Crippen molar-refractivity contribution < 1.29 is 14.3 Å². The summed E-state index contributed by atoms with van der Waals surface area (Å²) in [6.45, 7) is 2.23. The maximum Gasteiger partial charge on any atom is 0.281 e. The van der Waals surface area contributed by atoms with Gasteiger partial charge in [0.05, 0.1) is 30.3 Å². The lowest BCUT2D eigenvalue weighted by Crippen LogP contribution is -2.16. The van der Waals surface area contributed by atoms with Gasteiger partial charge in [-0.3, -0.25) is 4.79 Å². The molecule has 27 heavy (non-hydrogen) atoms. The molecular weight excluding hydrogens is 384 g/mol. The lowest BCUT2D eigenvalue weighted by atomic mass is 9.87. The van der Waals surface area contributed by atoms with Crippen molar-refractivity contribution in [2.75, 3.05) is 14.2 Å². The van der Waals surface area contributed by atoms with E-state index in [1.165, 1.54) is 36.6 Å². The highest BCUT2D eigenvalue weighted by molar-refractivity contribution is 7.14.